The van der Waals surface area contributed by atoms with E-state index in [-0.39, 0.29) is 12.2 Å². The molecule has 2 heterocycles. The number of aryl methyl sites for hydroxylation is 1. The van der Waals surface area contributed by atoms with Gasteiger partial charge in [0.15, 0.2) is 0 Å². The summed E-state index contributed by atoms with van der Waals surface area (Å²) in [5, 5.41) is 9.95. The number of nitrogens with zero attached hydrogens (tertiary/aromatic N) is 1. The fraction of sp³-hybridized carbons (Fsp3) is 0.429. The summed E-state index contributed by atoms with van der Waals surface area (Å²) in [7, 11) is -4.74. The summed E-state index contributed by atoms with van der Waals surface area (Å²) in [5.41, 5.74) is 7.05. The van der Waals surface area contributed by atoms with Crippen molar-refractivity contribution in [1.29, 1.82) is 0 Å². The summed E-state index contributed by atoms with van der Waals surface area (Å²) in [4.78, 5) is 36.0. The molecular formula is C14H18N3O7P. The summed E-state index contributed by atoms with van der Waals surface area (Å²) in [6.07, 6.45) is -2.44. The second kappa shape index (κ2) is 6.49. The second-order valence-electron chi connectivity index (χ2n) is 5.92. The molecule has 0 spiro atoms. The number of nitrogen functional groups attached to an aromatic ring is 1. The zero-order valence-corrected chi connectivity index (χ0v) is 14.1. The van der Waals surface area contributed by atoms with Crippen molar-refractivity contribution in [2.24, 2.45) is 0 Å². The van der Waals surface area contributed by atoms with Crippen molar-refractivity contribution in [2.75, 3.05) is 12.3 Å². The maximum atomic E-state index is 11.7. The molecule has 0 unspecified atom stereocenters. The molecular weight excluding hydrogens is 353 g/mol. The third-order valence-electron chi connectivity index (χ3n) is 4.04. The van der Waals surface area contributed by atoms with E-state index in [4.69, 9.17) is 24.8 Å². The summed E-state index contributed by atoms with van der Waals surface area (Å²) in [5.74, 6) is 0.0726. The Labute approximate surface area is 141 Å². The normalized spacial score (nSPS) is 24.1. The van der Waals surface area contributed by atoms with Crippen molar-refractivity contribution in [1.82, 2.24) is 9.97 Å². The fourth-order valence-corrected chi connectivity index (χ4v) is 3.65. The molecule has 3 rings (SSSR count). The smallest absolute Gasteiger partial charge is 0.394 e. The van der Waals surface area contributed by atoms with Crippen molar-refractivity contribution >= 4 is 24.5 Å². The number of aromatic amines is 1. The Morgan fingerprint density at radius 3 is 2.84 bits per heavy atom. The lowest BCUT2D eigenvalue weighted by molar-refractivity contribution is -0.0218. The first-order chi connectivity index (χ1) is 11.7. The third kappa shape index (κ3) is 3.74. The number of rotatable bonds is 4. The molecule has 0 bridgehead atoms. The van der Waals surface area contributed by atoms with E-state index in [2.05, 4.69) is 9.97 Å². The number of anilines is 1. The van der Waals surface area contributed by atoms with Crippen molar-refractivity contribution in [3.8, 4) is 0 Å². The number of benzene rings is 1. The molecule has 1 aromatic carbocycles. The van der Waals surface area contributed by atoms with E-state index in [1.54, 1.807) is 12.1 Å². The molecule has 136 valence electrons. The highest BCUT2D eigenvalue weighted by Crippen LogP contribution is 2.45. The third-order valence-corrected chi connectivity index (χ3v) is 4.59. The number of aliphatic hydroxyl groups excluding tert-OH is 1. The van der Waals surface area contributed by atoms with Crippen molar-refractivity contribution in [3.63, 3.8) is 0 Å². The SMILES string of the molecule is Cc1cc([C@H]2C[C@H](OP(=O)(O)O)[C@@H](CO)O2)c2[nH]c(=O)nc(N)c2c1. The molecule has 1 fully saturated rings. The molecule has 0 amide bonds. The van der Waals surface area contributed by atoms with Crippen LogP contribution in [0.5, 0.6) is 0 Å². The number of phosphoric acid groups is 1. The van der Waals surface area contributed by atoms with Crippen LogP contribution in [-0.2, 0) is 13.8 Å². The van der Waals surface area contributed by atoms with Gasteiger partial charge in [0.1, 0.15) is 18.0 Å². The number of aromatic nitrogens is 2. The van der Waals surface area contributed by atoms with Gasteiger partial charge >= 0.3 is 13.5 Å². The predicted molar refractivity (Wildman–Crippen MR) is 87.7 cm³/mol. The number of nitrogens with two attached hydrogens (primary N) is 1. The highest BCUT2D eigenvalue weighted by molar-refractivity contribution is 7.46. The number of phosphoric ester groups is 1. The van der Waals surface area contributed by atoms with Crippen LogP contribution in [0.4, 0.5) is 5.82 Å². The van der Waals surface area contributed by atoms with Crippen LogP contribution in [0.15, 0.2) is 16.9 Å². The number of nitrogens with one attached hydrogen (secondary N) is 1. The van der Waals surface area contributed by atoms with Crippen LogP contribution in [0.3, 0.4) is 0 Å². The number of ether oxygens (including phenoxy) is 1. The van der Waals surface area contributed by atoms with Crippen molar-refractivity contribution < 1.29 is 28.7 Å². The van der Waals surface area contributed by atoms with E-state index in [9.17, 15) is 14.5 Å². The molecule has 1 aliphatic heterocycles. The maximum Gasteiger partial charge on any atom is 0.469 e. The van der Waals surface area contributed by atoms with Crippen LogP contribution >= 0.6 is 7.82 Å². The van der Waals surface area contributed by atoms with Crippen LogP contribution < -0.4 is 11.4 Å². The molecule has 6 N–H and O–H groups in total. The van der Waals surface area contributed by atoms with Gasteiger partial charge in [0.05, 0.1) is 18.2 Å². The number of fused-ring (bicyclic) bond motifs is 1. The van der Waals surface area contributed by atoms with Gasteiger partial charge in [-0.05, 0) is 18.6 Å². The van der Waals surface area contributed by atoms with E-state index < -0.39 is 38.4 Å². The number of hydrogen-bond acceptors (Lipinski definition) is 7. The van der Waals surface area contributed by atoms with Crippen LogP contribution in [-0.4, -0.2) is 43.7 Å². The monoisotopic (exact) mass is 371 g/mol. The minimum Gasteiger partial charge on any atom is -0.394 e. The lowest BCUT2D eigenvalue weighted by atomic mass is 9.99. The summed E-state index contributed by atoms with van der Waals surface area (Å²) in [6.45, 7) is 1.36. The fourth-order valence-electron chi connectivity index (χ4n) is 3.08. The second-order valence-corrected chi connectivity index (χ2v) is 7.11. The van der Waals surface area contributed by atoms with E-state index in [0.717, 1.165) is 5.56 Å². The quantitative estimate of drug-likeness (QED) is 0.468. The van der Waals surface area contributed by atoms with Gasteiger partial charge in [0.2, 0.25) is 0 Å². The first kappa shape index (κ1) is 18.0. The van der Waals surface area contributed by atoms with Gasteiger partial charge in [-0.1, -0.05) is 6.07 Å². The molecule has 0 saturated carbocycles. The Morgan fingerprint density at radius 2 is 2.20 bits per heavy atom. The Hall–Kier alpha value is -1.81. The van der Waals surface area contributed by atoms with E-state index in [1.165, 1.54) is 0 Å². The molecule has 2 aromatic rings. The van der Waals surface area contributed by atoms with Crippen LogP contribution in [0.2, 0.25) is 0 Å². The number of aliphatic hydroxyl groups is 1. The van der Waals surface area contributed by atoms with Crippen LogP contribution in [0, 0.1) is 6.92 Å². The molecule has 0 aliphatic carbocycles. The molecule has 1 aliphatic rings. The average Bonchev–Trinajstić information content (AvgIpc) is 2.88. The van der Waals surface area contributed by atoms with Crippen molar-refractivity contribution in [3.05, 3.63) is 33.7 Å². The first-order valence-corrected chi connectivity index (χ1v) is 9.01. The summed E-state index contributed by atoms with van der Waals surface area (Å²) >= 11 is 0. The standard InChI is InChI=1S/C14H18N3O7P/c1-6-2-7(12-8(3-6)13(15)17-14(19)16-12)9-4-10(11(5-18)23-9)24-25(20,21)22/h2-3,9-11,18H,4-5H2,1H3,(H2,20,21,22)(H3,15,16,17,19)/t9-,10+,11-/m1/s1. The Morgan fingerprint density at radius 1 is 1.48 bits per heavy atom. The molecule has 10 nitrogen and oxygen atoms in total. The zero-order valence-electron chi connectivity index (χ0n) is 13.2. The molecule has 0 radical (unpaired) electrons. The van der Waals surface area contributed by atoms with E-state index >= 15 is 0 Å². The predicted octanol–water partition coefficient (Wildman–Crippen LogP) is 0.114. The maximum absolute atomic E-state index is 11.7. The average molecular weight is 371 g/mol. The van der Waals surface area contributed by atoms with Gasteiger partial charge < -0.3 is 30.3 Å². The molecule has 1 saturated heterocycles. The number of H-pyrrole nitrogens is 1. The van der Waals surface area contributed by atoms with E-state index in [0.29, 0.717) is 16.5 Å². The van der Waals surface area contributed by atoms with Gasteiger partial charge in [0.25, 0.3) is 0 Å². The topological polar surface area (TPSA) is 168 Å². The van der Waals surface area contributed by atoms with Gasteiger partial charge in [-0.2, -0.15) is 4.98 Å². The Bertz CT molecular complexity index is 909. The summed E-state index contributed by atoms with van der Waals surface area (Å²) in [6, 6.07) is 3.54. The Balaban J connectivity index is 2.05. The molecule has 25 heavy (non-hydrogen) atoms. The summed E-state index contributed by atoms with van der Waals surface area (Å²) < 4.78 is 21.5. The van der Waals surface area contributed by atoms with Crippen LogP contribution in [0.1, 0.15) is 23.7 Å². The minimum atomic E-state index is -4.74. The lowest BCUT2D eigenvalue weighted by Gasteiger charge is -2.16. The lowest BCUT2D eigenvalue weighted by Crippen LogP contribution is -2.26. The minimum absolute atomic E-state index is 0.0726. The van der Waals surface area contributed by atoms with E-state index in [1.807, 2.05) is 6.92 Å². The molecule has 11 heteroatoms. The molecule has 3 atom stereocenters. The van der Waals surface area contributed by atoms with Gasteiger partial charge in [0, 0.05) is 17.4 Å². The first-order valence-electron chi connectivity index (χ1n) is 7.48. The van der Waals surface area contributed by atoms with Crippen LogP contribution in [0.25, 0.3) is 10.9 Å². The van der Waals surface area contributed by atoms with Crippen molar-refractivity contribution in [2.45, 2.75) is 31.7 Å². The largest absolute Gasteiger partial charge is 0.469 e. The highest BCUT2D eigenvalue weighted by atomic mass is 31.2. The number of hydrogen-bond donors (Lipinski definition) is 5. The van der Waals surface area contributed by atoms with Gasteiger partial charge in [-0.15, -0.1) is 0 Å². The zero-order chi connectivity index (χ0) is 18.4. The highest BCUT2D eigenvalue weighted by Gasteiger charge is 2.40. The van der Waals surface area contributed by atoms with Gasteiger partial charge in [-0.25, -0.2) is 9.36 Å². The Kier molecular flexibility index (Phi) is 4.67. The molecule has 1 aromatic heterocycles. The van der Waals surface area contributed by atoms with Gasteiger partial charge in [-0.3, -0.25) is 4.52 Å².